The highest BCUT2D eigenvalue weighted by Crippen LogP contribution is 2.22. The number of hydrogen-bond acceptors (Lipinski definition) is 4. The van der Waals surface area contributed by atoms with Crippen LogP contribution >= 0.6 is 11.6 Å². The van der Waals surface area contributed by atoms with Gasteiger partial charge >= 0.3 is 5.97 Å². The first-order valence-electron chi connectivity index (χ1n) is 5.09. The van der Waals surface area contributed by atoms with Crippen molar-refractivity contribution in [2.75, 3.05) is 5.75 Å². The summed E-state index contributed by atoms with van der Waals surface area (Å²) in [6.07, 6.45) is 0.580. The number of carbonyl (C=O) groups is 1. The average Bonchev–Trinajstić information content (AvgIpc) is 2.29. The molecule has 18 heavy (non-hydrogen) atoms. The van der Waals surface area contributed by atoms with Gasteiger partial charge in [0, 0.05) is 6.21 Å². The van der Waals surface area contributed by atoms with E-state index in [-0.39, 0.29) is 22.1 Å². The van der Waals surface area contributed by atoms with E-state index in [9.17, 15) is 13.2 Å². The van der Waals surface area contributed by atoms with Gasteiger partial charge in [-0.3, -0.25) is 4.79 Å². The van der Waals surface area contributed by atoms with Crippen LogP contribution in [0.15, 0.2) is 29.2 Å². The van der Waals surface area contributed by atoms with Gasteiger partial charge in [0.2, 0.25) is 0 Å². The van der Waals surface area contributed by atoms with E-state index in [2.05, 4.69) is 0 Å². The zero-order valence-electron chi connectivity index (χ0n) is 9.34. The third-order valence-corrected chi connectivity index (χ3v) is 4.63. The van der Waals surface area contributed by atoms with Crippen molar-refractivity contribution in [1.82, 2.24) is 0 Å². The lowest BCUT2D eigenvalue weighted by atomic mass is 10.1. The fraction of sp³-hybridized carbons (Fsp3) is 0.273. The van der Waals surface area contributed by atoms with Gasteiger partial charge in [0.15, 0.2) is 9.84 Å². The zero-order valence-corrected chi connectivity index (χ0v) is 10.9. The molecule has 0 aliphatic carbocycles. The molecule has 0 saturated carbocycles. The van der Waals surface area contributed by atoms with Crippen molar-refractivity contribution in [2.45, 2.75) is 11.3 Å². The van der Waals surface area contributed by atoms with Crippen LogP contribution < -0.4 is 0 Å². The van der Waals surface area contributed by atoms with Crippen molar-refractivity contribution in [3.63, 3.8) is 0 Å². The molecule has 0 spiro atoms. The van der Waals surface area contributed by atoms with Gasteiger partial charge in [-0.05, 0) is 18.6 Å². The van der Waals surface area contributed by atoms with Crippen molar-refractivity contribution in [3.05, 3.63) is 29.3 Å². The number of halogens is 1. The Labute approximate surface area is 110 Å². The van der Waals surface area contributed by atoms with Crippen LogP contribution in [0.1, 0.15) is 6.42 Å². The van der Waals surface area contributed by atoms with Crippen molar-refractivity contribution < 1.29 is 18.3 Å². The molecule has 0 unspecified atom stereocenters. The topological polar surface area (TPSA) is 95.3 Å². The van der Waals surface area contributed by atoms with E-state index >= 15 is 0 Å². The summed E-state index contributed by atoms with van der Waals surface area (Å²) in [6, 6.07) is 5.99. The Bertz CT molecular complexity index is 556. The van der Waals surface area contributed by atoms with Gasteiger partial charge in [-0.15, -0.1) is 0 Å². The van der Waals surface area contributed by atoms with Crippen LogP contribution in [0.3, 0.4) is 0 Å². The smallest absolute Gasteiger partial charge is 0.311 e. The van der Waals surface area contributed by atoms with Crippen molar-refractivity contribution in [2.24, 2.45) is 5.92 Å². The number of aliphatic carboxylic acids is 1. The first-order chi connectivity index (χ1) is 8.38. The highest BCUT2D eigenvalue weighted by Gasteiger charge is 2.22. The highest BCUT2D eigenvalue weighted by molar-refractivity contribution is 7.91. The monoisotopic (exact) mass is 289 g/mol. The molecular weight excluding hydrogens is 278 g/mol. The predicted octanol–water partition coefficient (Wildman–Crippen LogP) is 1.85. The molecule has 1 aromatic rings. The second-order valence-corrected chi connectivity index (χ2v) is 6.13. The Kier molecular flexibility index (Phi) is 4.86. The van der Waals surface area contributed by atoms with Crippen molar-refractivity contribution in [1.29, 1.82) is 5.41 Å². The molecule has 0 aliphatic rings. The summed E-state index contributed by atoms with van der Waals surface area (Å²) in [7, 11) is -3.63. The molecule has 0 radical (unpaired) electrons. The van der Waals surface area contributed by atoms with Gasteiger partial charge in [0.05, 0.1) is 21.6 Å². The molecule has 2 N–H and O–H groups in total. The van der Waals surface area contributed by atoms with E-state index < -0.39 is 21.7 Å². The molecule has 1 aromatic carbocycles. The van der Waals surface area contributed by atoms with Gasteiger partial charge in [-0.1, -0.05) is 23.7 Å². The van der Waals surface area contributed by atoms with Gasteiger partial charge < -0.3 is 10.5 Å². The number of nitrogens with one attached hydrogen (secondary N) is 1. The molecule has 1 rings (SSSR count). The summed E-state index contributed by atoms with van der Waals surface area (Å²) < 4.78 is 23.9. The Morgan fingerprint density at radius 1 is 1.44 bits per heavy atom. The quantitative estimate of drug-likeness (QED) is 0.781. The number of hydrogen-bond donors (Lipinski definition) is 2. The van der Waals surface area contributed by atoms with E-state index in [4.69, 9.17) is 22.1 Å². The van der Waals surface area contributed by atoms with Gasteiger partial charge in [-0.2, -0.15) is 0 Å². The number of sulfone groups is 1. The van der Waals surface area contributed by atoms with Crippen LogP contribution in [-0.2, 0) is 14.6 Å². The van der Waals surface area contributed by atoms with Gasteiger partial charge in [0.1, 0.15) is 0 Å². The van der Waals surface area contributed by atoms with E-state index in [1.165, 1.54) is 12.1 Å². The normalized spacial score (nSPS) is 12.9. The van der Waals surface area contributed by atoms with Crippen LogP contribution in [0.25, 0.3) is 0 Å². The minimum atomic E-state index is -3.63. The second kappa shape index (κ2) is 5.97. The molecule has 0 aromatic heterocycles. The van der Waals surface area contributed by atoms with E-state index in [1.807, 2.05) is 0 Å². The summed E-state index contributed by atoms with van der Waals surface area (Å²) in [5, 5.41) is 15.8. The lowest BCUT2D eigenvalue weighted by Gasteiger charge is -2.08. The first-order valence-corrected chi connectivity index (χ1v) is 7.12. The Morgan fingerprint density at radius 3 is 2.56 bits per heavy atom. The molecular formula is C11H12ClNO4S. The molecule has 0 fully saturated rings. The maximum Gasteiger partial charge on any atom is 0.311 e. The van der Waals surface area contributed by atoms with E-state index in [0.29, 0.717) is 0 Å². The number of benzene rings is 1. The molecule has 0 aliphatic heterocycles. The predicted molar refractivity (Wildman–Crippen MR) is 68.0 cm³/mol. The van der Waals surface area contributed by atoms with Crippen LogP contribution in [0, 0.1) is 11.3 Å². The van der Waals surface area contributed by atoms with Crippen LogP contribution in [0.4, 0.5) is 0 Å². The molecule has 98 valence electrons. The van der Waals surface area contributed by atoms with Crippen LogP contribution in [-0.4, -0.2) is 31.5 Å². The number of carboxylic acids is 1. The second-order valence-electron chi connectivity index (χ2n) is 3.65. The van der Waals surface area contributed by atoms with Crippen molar-refractivity contribution in [3.8, 4) is 0 Å². The maximum absolute atomic E-state index is 11.9. The minimum Gasteiger partial charge on any atom is -0.481 e. The lowest BCUT2D eigenvalue weighted by molar-refractivity contribution is -0.139. The molecule has 5 nitrogen and oxygen atoms in total. The van der Waals surface area contributed by atoms with Crippen LogP contribution in [0.2, 0.25) is 5.02 Å². The molecule has 0 amide bonds. The number of rotatable bonds is 6. The third-order valence-electron chi connectivity index (χ3n) is 2.39. The molecule has 7 heteroatoms. The molecule has 0 bridgehead atoms. The molecule has 0 heterocycles. The lowest BCUT2D eigenvalue weighted by Crippen LogP contribution is -2.19. The maximum atomic E-state index is 11.9. The number of carboxylic acid groups (broad SMARTS) is 1. The fourth-order valence-corrected chi connectivity index (χ4v) is 3.29. The summed E-state index contributed by atoms with van der Waals surface area (Å²) in [5.74, 6) is -2.66. The fourth-order valence-electron chi connectivity index (χ4n) is 1.37. The van der Waals surface area contributed by atoms with Crippen LogP contribution in [0.5, 0.6) is 0 Å². The largest absolute Gasteiger partial charge is 0.481 e. The van der Waals surface area contributed by atoms with E-state index in [1.54, 1.807) is 12.1 Å². The van der Waals surface area contributed by atoms with Crippen molar-refractivity contribution >= 4 is 33.6 Å². The summed E-state index contributed by atoms with van der Waals surface area (Å²) in [4.78, 5) is 10.7. The highest BCUT2D eigenvalue weighted by atomic mass is 35.5. The molecule has 1 atom stereocenters. The average molecular weight is 290 g/mol. The standard InChI is InChI=1S/C11H12ClNO4S/c12-9-3-1-2-4-10(9)18(16,17)6-5-8(7-13)11(14)15/h1-4,7-8,13H,5-6H2,(H,14,15)/t8-/m0/s1. The minimum absolute atomic E-state index is 0.0132. The Balaban J connectivity index is 2.87. The summed E-state index contributed by atoms with van der Waals surface area (Å²) in [5.41, 5.74) is 0. The first kappa shape index (κ1) is 14.7. The van der Waals surface area contributed by atoms with Gasteiger partial charge in [-0.25, -0.2) is 8.42 Å². The third kappa shape index (κ3) is 3.54. The van der Waals surface area contributed by atoms with Gasteiger partial charge in [0.25, 0.3) is 0 Å². The molecule has 0 saturated heterocycles. The SMILES string of the molecule is N=C[C@H](CCS(=O)(=O)c1ccccc1Cl)C(=O)O. The zero-order chi connectivity index (χ0) is 13.8. The van der Waals surface area contributed by atoms with E-state index in [0.717, 1.165) is 6.21 Å². The summed E-state index contributed by atoms with van der Waals surface area (Å²) in [6.45, 7) is 0. The summed E-state index contributed by atoms with van der Waals surface area (Å²) >= 11 is 5.78. The Hall–Kier alpha value is -1.40. The Morgan fingerprint density at radius 2 is 2.06 bits per heavy atom.